The highest BCUT2D eigenvalue weighted by molar-refractivity contribution is 5.37. The zero-order chi connectivity index (χ0) is 12.2. The molecular weight excluding hydrogens is 220 g/mol. The van der Waals surface area contributed by atoms with Gasteiger partial charge in [-0.2, -0.15) is 0 Å². The Labute approximate surface area is 110 Å². The second-order valence-corrected chi connectivity index (χ2v) is 5.67. The van der Waals surface area contributed by atoms with E-state index in [1.54, 1.807) is 11.1 Å². The molecule has 0 aliphatic carbocycles. The standard InChI is InChI=1S/C16H24N2/c1-2-4-11-18(10-3-1)13-15-7-5-6-14-12-17-9-8-16(14)15/h5-7,17H,1-4,8-13H2. The van der Waals surface area contributed by atoms with Gasteiger partial charge in [0.05, 0.1) is 0 Å². The summed E-state index contributed by atoms with van der Waals surface area (Å²) in [6.07, 6.45) is 6.83. The highest BCUT2D eigenvalue weighted by atomic mass is 15.1. The molecule has 1 fully saturated rings. The molecule has 3 rings (SSSR count). The summed E-state index contributed by atoms with van der Waals surface area (Å²) in [6.45, 7) is 5.96. The van der Waals surface area contributed by atoms with Crippen LogP contribution in [0.3, 0.4) is 0 Å². The average molecular weight is 244 g/mol. The van der Waals surface area contributed by atoms with Crippen molar-refractivity contribution in [2.45, 2.75) is 45.2 Å². The molecule has 0 amide bonds. The largest absolute Gasteiger partial charge is 0.312 e. The number of hydrogen-bond acceptors (Lipinski definition) is 2. The fraction of sp³-hybridized carbons (Fsp3) is 0.625. The van der Waals surface area contributed by atoms with E-state index in [1.165, 1.54) is 57.3 Å². The molecule has 2 heterocycles. The van der Waals surface area contributed by atoms with Crippen molar-refractivity contribution in [3.8, 4) is 0 Å². The first-order valence-electron chi connectivity index (χ1n) is 7.46. The quantitative estimate of drug-likeness (QED) is 0.860. The molecule has 1 N–H and O–H groups in total. The topological polar surface area (TPSA) is 15.3 Å². The molecule has 2 aliphatic heterocycles. The van der Waals surface area contributed by atoms with Crippen LogP contribution in [0.4, 0.5) is 0 Å². The van der Waals surface area contributed by atoms with Crippen molar-refractivity contribution in [3.63, 3.8) is 0 Å². The average Bonchev–Trinajstić information content (AvgIpc) is 2.68. The van der Waals surface area contributed by atoms with Gasteiger partial charge >= 0.3 is 0 Å². The fourth-order valence-electron chi connectivity index (χ4n) is 3.29. The van der Waals surface area contributed by atoms with Crippen LogP contribution in [0.2, 0.25) is 0 Å². The molecule has 2 aliphatic rings. The van der Waals surface area contributed by atoms with Crippen LogP contribution in [0.15, 0.2) is 18.2 Å². The highest BCUT2D eigenvalue weighted by Crippen LogP contribution is 2.21. The third-order valence-electron chi connectivity index (χ3n) is 4.33. The summed E-state index contributed by atoms with van der Waals surface area (Å²) in [5.74, 6) is 0. The Morgan fingerprint density at radius 3 is 2.72 bits per heavy atom. The Balaban J connectivity index is 1.75. The summed E-state index contributed by atoms with van der Waals surface area (Å²) < 4.78 is 0. The van der Waals surface area contributed by atoms with Gasteiger partial charge < -0.3 is 5.32 Å². The van der Waals surface area contributed by atoms with Gasteiger partial charge in [0.1, 0.15) is 0 Å². The predicted molar refractivity (Wildman–Crippen MR) is 75.6 cm³/mol. The van der Waals surface area contributed by atoms with Crippen LogP contribution in [0.5, 0.6) is 0 Å². The zero-order valence-electron chi connectivity index (χ0n) is 11.3. The molecule has 1 aromatic rings. The molecular formula is C16H24N2. The lowest BCUT2D eigenvalue weighted by atomic mass is 9.95. The Morgan fingerprint density at radius 1 is 1.06 bits per heavy atom. The van der Waals surface area contributed by atoms with E-state index in [2.05, 4.69) is 28.4 Å². The number of likely N-dealkylation sites (tertiary alicyclic amines) is 1. The monoisotopic (exact) mass is 244 g/mol. The molecule has 0 aromatic heterocycles. The molecule has 1 saturated heterocycles. The summed E-state index contributed by atoms with van der Waals surface area (Å²) >= 11 is 0. The third-order valence-corrected chi connectivity index (χ3v) is 4.33. The van der Waals surface area contributed by atoms with E-state index in [1.807, 2.05) is 0 Å². The second kappa shape index (κ2) is 5.85. The summed E-state index contributed by atoms with van der Waals surface area (Å²) in [6, 6.07) is 6.86. The van der Waals surface area contributed by atoms with Gasteiger partial charge in [0.2, 0.25) is 0 Å². The maximum atomic E-state index is 3.47. The number of nitrogens with one attached hydrogen (secondary N) is 1. The van der Waals surface area contributed by atoms with Gasteiger partial charge in [0, 0.05) is 13.1 Å². The van der Waals surface area contributed by atoms with Gasteiger partial charge in [0.15, 0.2) is 0 Å². The lowest BCUT2D eigenvalue weighted by molar-refractivity contribution is 0.276. The number of fused-ring (bicyclic) bond motifs is 1. The Hall–Kier alpha value is -0.860. The van der Waals surface area contributed by atoms with Crippen LogP contribution >= 0.6 is 0 Å². The number of nitrogens with zero attached hydrogens (tertiary/aromatic N) is 1. The van der Waals surface area contributed by atoms with Crippen molar-refractivity contribution in [3.05, 3.63) is 34.9 Å². The van der Waals surface area contributed by atoms with Gasteiger partial charge in [-0.05, 0) is 55.6 Å². The van der Waals surface area contributed by atoms with Crippen LogP contribution in [0.1, 0.15) is 42.4 Å². The van der Waals surface area contributed by atoms with Crippen LogP contribution in [0, 0.1) is 0 Å². The van der Waals surface area contributed by atoms with Crippen molar-refractivity contribution in [2.24, 2.45) is 0 Å². The van der Waals surface area contributed by atoms with E-state index in [0.29, 0.717) is 0 Å². The summed E-state index contributed by atoms with van der Waals surface area (Å²) in [5.41, 5.74) is 4.73. The van der Waals surface area contributed by atoms with Crippen molar-refractivity contribution < 1.29 is 0 Å². The number of benzene rings is 1. The van der Waals surface area contributed by atoms with Crippen molar-refractivity contribution >= 4 is 0 Å². The van der Waals surface area contributed by atoms with Crippen LogP contribution in [0.25, 0.3) is 0 Å². The molecule has 0 saturated carbocycles. The highest BCUT2D eigenvalue weighted by Gasteiger charge is 2.15. The van der Waals surface area contributed by atoms with E-state index in [-0.39, 0.29) is 0 Å². The Morgan fingerprint density at radius 2 is 1.89 bits per heavy atom. The van der Waals surface area contributed by atoms with Crippen LogP contribution in [-0.4, -0.2) is 24.5 Å². The SMILES string of the molecule is c1cc2c(c(CN3CCCCCC3)c1)CCNC2. The molecule has 98 valence electrons. The summed E-state index contributed by atoms with van der Waals surface area (Å²) in [5, 5.41) is 3.47. The summed E-state index contributed by atoms with van der Waals surface area (Å²) in [4.78, 5) is 2.66. The van der Waals surface area contributed by atoms with Gasteiger partial charge in [-0.1, -0.05) is 31.0 Å². The van der Waals surface area contributed by atoms with Gasteiger partial charge in [0.25, 0.3) is 0 Å². The van der Waals surface area contributed by atoms with Gasteiger partial charge in [-0.25, -0.2) is 0 Å². The first-order valence-corrected chi connectivity index (χ1v) is 7.46. The van der Waals surface area contributed by atoms with E-state index >= 15 is 0 Å². The Kier molecular flexibility index (Phi) is 3.96. The fourth-order valence-corrected chi connectivity index (χ4v) is 3.29. The molecule has 0 unspecified atom stereocenters. The molecule has 0 radical (unpaired) electrons. The Bertz CT molecular complexity index is 392. The lowest BCUT2D eigenvalue weighted by Crippen LogP contribution is -2.28. The maximum absolute atomic E-state index is 3.47. The second-order valence-electron chi connectivity index (χ2n) is 5.67. The maximum Gasteiger partial charge on any atom is 0.0236 e. The molecule has 0 atom stereocenters. The normalized spacial score (nSPS) is 21.3. The molecule has 1 aromatic carbocycles. The molecule has 0 bridgehead atoms. The predicted octanol–water partition coefficient (Wildman–Crippen LogP) is 2.71. The lowest BCUT2D eigenvalue weighted by Gasteiger charge is -2.25. The van der Waals surface area contributed by atoms with E-state index < -0.39 is 0 Å². The minimum absolute atomic E-state index is 1.06. The molecule has 2 heteroatoms. The first-order chi connectivity index (χ1) is 8.93. The van der Waals surface area contributed by atoms with E-state index in [0.717, 1.165) is 13.1 Å². The van der Waals surface area contributed by atoms with Crippen molar-refractivity contribution in [2.75, 3.05) is 19.6 Å². The van der Waals surface area contributed by atoms with Crippen molar-refractivity contribution in [1.29, 1.82) is 0 Å². The van der Waals surface area contributed by atoms with Gasteiger partial charge in [-0.15, -0.1) is 0 Å². The molecule has 0 spiro atoms. The number of rotatable bonds is 2. The summed E-state index contributed by atoms with van der Waals surface area (Å²) in [7, 11) is 0. The number of hydrogen-bond donors (Lipinski definition) is 1. The van der Waals surface area contributed by atoms with E-state index in [4.69, 9.17) is 0 Å². The molecule has 2 nitrogen and oxygen atoms in total. The zero-order valence-corrected chi connectivity index (χ0v) is 11.3. The van der Waals surface area contributed by atoms with Crippen LogP contribution < -0.4 is 5.32 Å². The molecule has 18 heavy (non-hydrogen) atoms. The minimum Gasteiger partial charge on any atom is -0.312 e. The van der Waals surface area contributed by atoms with E-state index in [9.17, 15) is 0 Å². The third kappa shape index (κ3) is 2.76. The smallest absolute Gasteiger partial charge is 0.0236 e. The van der Waals surface area contributed by atoms with Gasteiger partial charge in [-0.3, -0.25) is 4.90 Å². The van der Waals surface area contributed by atoms with Crippen LogP contribution in [-0.2, 0) is 19.5 Å². The minimum atomic E-state index is 1.06. The first kappa shape index (κ1) is 12.2. The van der Waals surface area contributed by atoms with Crippen molar-refractivity contribution in [1.82, 2.24) is 10.2 Å².